The normalized spacial score (nSPS) is 24.4. The molecule has 0 spiro atoms. The molecule has 1 aromatic rings. The van der Waals surface area contributed by atoms with Gasteiger partial charge in [0.05, 0.1) is 0 Å². The molecule has 1 saturated carbocycles. The molecule has 4 heteroatoms. The number of hydrogen-bond acceptors (Lipinski definition) is 2. The summed E-state index contributed by atoms with van der Waals surface area (Å²) in [6.45, 7) is 0. The molecule has 3 N–H and O–H groups in total. The van der Waals surface area contributed by atoms with Crippen LogP contribution in [0.3, 0.4) is 0 Å². The Morgan fingerprint density at radius 2 is 2.00 bits per heavy atom. The molecule has 1 aliphatic carbocycles. The van der Waals surface area contributed by atoms with E-state index < -0.39 is 0 Å². The number of anilines is 1. The lowest BCUT2D eigenvalue weighted by Gasteiger charge is -2.25. The first-order valence-corrected chi connectivity index (χ1v) is 5.97. The fraction of sp³-hybridized carbons (Fsp3) is 0.462. The summed E-state index contributed by atoms with van der Waals surface area (Å²) in [6.07, 6.45) is 3.64. The van der Waals surface area contributed by atoms with E-state index in [9.17, 15) is 9.18 Å². The van der Waals surface area contributed by atoms with Crippen LogP contribution in [0.4, 0.5) is 10.1 Å². The average Bonchev–Trinajstić information content (AvgIpc) is 2.32. The molecule has 2 atom stereocenters. The minimum absolute atomic E-state index is 0.00763. The molecular formula is C13H17FN2O. The van der Waals surface area contributed by atoms with Crippen LogP contribution >= 0.6 is 0 Å². The average molecular weight is 236 g/mol. The van der Waals surface area contributed by atoms with Gasteiger partial charge in [0.25, 0.3) is 0 Å². The van der Waals surface area contributed by atoms with E-state index in [2.05, 4.69) is 5.32 Å². The summed E-state index contributed by atoms with van der Waals surface area (Å²) in [7, 11) is 0. The summed E-state index contributed by atoms with van der Waals surface area (Å²) >= 11 is 0. The van der Waals surface area contributed by atoms with E-state index in [4.69, 9.17) is 5.73 Å². The van der Waals surface area contributed by atoms with Gasteiger partial charge in [-0.3, -0.25) is 4.79 Å². The minimum atomic E-state index is -0.303. The molecule has 1 fully saturated rings. The molecular weight excluding hydrogens is 219 g/mol. The van der Waals surface area contributed by atoms with Crippen LogP contribution < -0.4 is 11.1 Å². The lowest BCUT2D eigenvalue weighted by Crippen LogP contribution is -2.34. The molecule has 1 aromatic carbocycles. The third-order valence-corrected chi connectivity index (χ3v) is 3.20. The number of carbonyl (C=O) groups is 1. The Balaban J connectivity index is 1.94. The van der Waals surface area contributed by atoms with Crippen molar-refractivity contribution in [1.29, 1.82) is 0 Å². The fourth-order valence-electron chi connectivity index (χ4n) is 2.24. The highest BCUT2D eigenvalue weighted by atomic mass is 19.1. The summed E-state index contributed by atoms with van der Waals surface area (Å²) < 4.78 is 12.7. The lowest BCUT2D eigenvalue weighted by molar-refractivity contribution is -0.120. The molecule has 0 heterocycles. The Kier molecular flexibility index (Phi) is 3.74. The van der Waals surface area contributed by atoms with Gasteiger partial charge in [0.15, 0.2) is 0 Å². The molecule has 2 unspecified atom stereocenters. The van der Waals surface area contributed by atoms with Crippen LogP contribution in [0.5, 0.6) is 0 Å². The van der Waals surface area contributed by atoms with Crippen LogP contribution in [0.15, 0.2) is 24.3 Å². The van der Waals surface area contributed by atoms with Crippen molar-refractivity contribution >= 4 is 11.6 Å². The molecule has 1 amide bonds. The van der Waals surface area contributed by atoms with E-state index in [-0.39, 0.29) is 23.7 Å². The van der Waals surface area contributed by atoms with Crippen LogP contribution in [0, 0.1) is 11.7 Å². The third kappa shape index (κ3) is 3.27. The zero-order chi connectivity index (χ0) is 12.3. The van der Waals surface area contributed by atoms with Gasteiger partial charge in [0, 0.05) is 17.6 Å². The Bertz CT molecular complexity index is 391. The number of benzene rings is 1. The quantitative estimate of drug-likeness (QED) is 0.827. The maximum atomic E-state index is 12.7. The van der Waals surface area contributed by atoms with Crippen LogP contribution in [0.25, 0.3) is 0 Å². The van der Waals surface area contributed by atoms with Crippen molar-refractivity contribution in [2.24, 2.45) is 11.7 Å². The Hall–Kier alpha value is -1.42. The SMILES string of the molecule is NC1CCCC(C(=O)Nc2ccc(F)cc2)C1. The van der Waals surface area contributed by atoms with E-state index in [1.807, 2.05) is 0 Å². The lowest BCUT2D eigenvalue weighted by atomic mass is 9.85. The summed E-state index contributed by atoms with van der Waals surface area (Å²) in [5, 5.41) is 2.80. The maximum absolute atomic E-state index is 12.7. The molecule has 3 nitrogen and oxygen atoms in total. The first-order chi connectivity index (χ1) is 8.15. The van der Waals surface area contributed by atoms with Crippen molar-refractivity contribution in [3.05, 3.63) is 30.1 Å². The van der Waals surface area contributed by atoms with Gasteiger partial charge in [-0.1, -0.05) is 6.42 Å². The van der Waals surface area contributed by atoms with Crippen LogP contribution in [-0.4, -0.2) is 11.9 Å². The highest BCUT2D eigenvalue weighted by Gasteiger charge is 2.25. The number of nitrogens with one attached hydrogen (secondary N) is 1. The van der Waals surface area contributed by atoms with E-state index in [1.54, 1.807) is 12.1 Å². The predicted molar refractivity (Wildman–Crippen MR) is 65.0 cm³/mol. The van der Waals surface area contributed by atoms with Crippen molar-refractivity contribution in [3.63, 3.8) is 0 Å². The Labute approximate surface area is 100 Å². The van der Waals surface area contributed by atoms with Crippen molar-refractivity contribution < 1.29 is 9.18 Å². The Morgan fingerprint density at radius 1 is 1.29 bits per heavy atom. The topological polar surface area (TPSA) is 55.1 Å². The van der Waals surface area contributed by atoms with E-state index in [0.717, 1.165) is 25.7 Å². The largest absolute Gasteiger partial charge is 0.328 e. The summed E-state index contributed by atoms with van der Waals surface area (Å²) in [4.78, 5) is 11.9. The first-order valence-electron chi connectivity index (χ1n) is 5.97. The number of amides is 1. The van der Waals surface area contributed by atoms with Crippen LogP contribution in [0.1, 0.15) is 25.7 Å². The van der Waals surface area contributed by atoms with Crippen molar-refractivity contribution in [3.8, 4) is 0 Å². The fourth-order valence-corrected chi connectivity index (χ4v) is 2.24. The van der Waals surface area contributed by atoms with Gasteiger partial charge in [-0.15, -0.1) is 0 Å². The maximum Gasteiger partial charge on any atom is 0.227 e. The predicted octanol–water partition coefficient (Wildman–Crippen LogP) is 2.28. The molecule has 0 aromatic heterocycles. The highest BCUT2D eigenvalue weighted by molar-refractivity contribution is 5.92. The van der Waals surface area contributed by atoms with Crippen molar-refractivity contribution in [2.75, 3.05) is 5.32 Å². The zero-order valence-electron chi connectivity index (χ0n) is 9.66. The molecule has 0 bridgehead atoms. The summed E-state index contributed by atoms with van der Waals surface area (Å²) in [6, 6.07) is 5.93. The van der Waals surface area contributed by atoms with Crippen molar-refractivity contribution in [2.45, 2.75) is 31.7 Å². The molecule has 17 heavy (non-hydrogen) atoms. The number of carbonyl (C=O) groups excluding carboxylic acids is 1. The summed E-state index contributed by atoms with van der Waals surface area (Å²) in [5.74, 6) is -0.321. The van der Waals surface area contributed by atoms with E-state index >= 15 is 0 Å². The highest BCUT2D eigenvalue weighted by Crippen LogP contribution is 2.24. The molecule has 92 valence electrons. The zero-order valence-corrected chi connectivity index (χ0v) is 9.66. The van der Waals surface area contributed by atoms with E-state index in [1.165, 1.54) is 12.1 Å². The number of halogens is 1. The molecule has 0 aliphatic heterocycles. The number of nitrogens with two attached hydrogens (primary N) is 1. The van der Waals surface area contributed by atoms with Gasteiger partial charge in [-0.25, -0.2) is 4.39 Å². The summed E-state index contributed by atoms with van der Waals surface area (Å²) in [5.41, 5.74) is 6.48. The van der Waals surface area contributed by atoms with Crippen LogP contribution in [-0.2, 0) is 4.79 Å². The van der Waals surface area contributed by atoms with Gasteiger partial charge in [0.1, 0.15) is 5.82 Å². The smallest absolute Gasteiger partial charge is 0.227 e. The van der Waals surface area contributed by atoms with Gasteiger partial charge in [0.2, 0.25) is 5.91 Å². The molecule has 1 aliphatic rings. The van der Waals surface area contributed by atoms with Crippen LogP contribution in [0.2, 0.25) is 0 Å². The van der Waals surface area contributed by atoms with E-state index in [0.29, 0.717) is 5.69 Å². The third-order valence-electron chi connectivity index (χ3n) is 3.20. The second-order valence-electron chi connectivity index (χ2n) is 4.62. The first kappa shape index (κ1) is 12.0. The second kappa shape index (κ2) is 5.27. The minimum Gasteiger partial charge on any atom is -0.328 e. The Morgan fingerprint density at radius 3 is 2.65 bits per heavy atom. The van der Waals surface area contributed by atoms with Gasteiger partial charge in [-0.05, 0) is 43.5 Å². The second-order valence-corrected chi connectivity index (χ2v) is 4.62. The van der Waals surface area contributed by atoms with Gasteiger partial charge >= 0.3 is 0 Å². The van der Waals surface area contributed by atoms with Gasteiger partial charge < -0.3 is 11.1 Å². The van der Waals surface area contributed by atoms with Crippen molar-refractivity contribution in [1.82, 2.24) is 0 Å². The number of hydrogen-bond donors (Lipinski definition) is 2. The van der Waals surface area contributed by atoms with Gasteiger partial charge in [-0.2, -0.15) is 0 Å². The standard InChI is InChI=1S/C13H17FN2O/c14-10-4-6-12(7-5-10)16-13(17)9-2-1-3-11(15)8-9/h4-7,9,11H,1-3,8,15H2,(H,16,17). The molecule has 0 saturated heterocycles. The number of rotatable bonds is 2. The molecule has 0 radical (unpaired) electrons. The molecule has 2 rings (SSSR count). The monoisotopic (exact) mass is 236 g/mol.